The summed E-state index contributed by atoms with van der Waals surface area (Å²) in [5, 5.41) is 2.45. The number of rotatable bonds is 6. The number of anilines is 1. The van der Waals surface area contributed by atoms with Crippen molar-refractivity contribution in [3.05, 3.63) is 65.7 Å². The topological polar surface area (TPSA) is 96.0 Å². The molecule has 29 heavy (non-hydrogen) atoms. The van der Waals surface area contributed by atoms with Crippen molar-refractivity contribution in [3.8, 4) is 0 Å². The number of imide groups is 1. The maximum atomic E-state index is 12.5. The average molecular weight is 395 g/mol. The van der Waals surface area contributed by atoms with Crippen molar-refractivity contribution in [1.29, 1.82) is 0 Å². The lowest BCUT2D eigenvalue weighted by atomic mass is 10.1. The number of amides is 4. The Morgan fingerprint density at radius 1 is 1.10 bits per heavy atom. The van der Waals surface area contributed by atoms with E-state index < -0.39 is 18.1 Å². The van der Waals surface area contributed by atoms with E-state index in [9.17, 15) is 19.2 Å². The molecule has 3 rings (SSSR count). The Hall–Kier alpha value is -3.68. The Balaban J connectivity index is 1.59. The van der Waals surface area contributed by atoms with Gasteiger partial charge in [0.2, 0.25) is 5.91 Å². The van der Waals surface area contributed by atoms with E-state index in [4.69, 9.17) is 4.74 Å². The van der Waals surface area contributed by atoms with Gasteiger partial charge >= 0.3 is 12.0 Å². The van der Waals surface area contributed by atoms with Crippen LogP contribution < -0.4 is 10.2 Å². The summed E-state index contributed by atoms with van der Waals surface area (Å²) in [5.74, 6) is -1.28. The molecule has 1 heterocycles. The zero-order chi connectivity index (χ0) is 21.0. The van der Waals surface area contributed by atoms with Crippen molar-refractivity contribution < 1.29 is 23.9 Å². The number of likely N-dealkylation sites (N-methyl/N-ethyl adjacent to an activating group) is 1. The minimum Gasteiger partial charge on any atom is -0.449 e. The third-order valence-electron chi connectivity index (χ3n) is 4.57. The maximum Gasteiger partial charge on any atom is 0.338 e. The lowest BCUT2D eigenvalue weighted by molar-refractivity contribution is -0.126. The molecule has 1 fully saturated rings. The van der Waals surface area contributed by atoms with Crippen LogP contribution in [-0.2, 0) is 20.9 Å². The van der Waals surface area contributed by atoms with Gasteiger partial charge in [0.05, 0.1) is 18.7 Å². The molecule has 150 valence electrons. The quantitative estimate of drug-likeness (QED) is 0.596. The van der Waals surface area contributed by atoms with Gasteiger partial charge in [0, 0.05) is 12.7 Å². The maximum absolute atomic E-state index is 12.5. The van der Waals surface area contributed by atoms with Crippen LogP contribution in [-0.4, -0.2) is 48.4 Å². The number of carbonyl (C=O) groups is 4. The molecule has 0 aliphatic carbocycles. The molecule has 1 aliphatic rings. The molecule has 0 aromatic heterocycles. The first-order valence-corrected chi connectivity index (χ1v) is 9.07. The van der Waals surface area contributed by atoms with E-state index in [1.807, 2.05) is 18.2 Å². The SMILES string of the molecule is CC(OC(=O)c1ccc(CN2C(=O)CNC2=O)cc1)C(=O)N(C)c1ccccc1. The van der Waals surface area contributed by atoms with Crippen LogP contribution >= 0.6 is 0 Å². The van der Waals surface area contributed by atoms with E-state index >= 15 is 0 Å². The van der Waals surface area contributed by atoms with Gasteiger partial charge in [-0.15, -0.1) is 0 Å². The monoisotopic (exact) mass is 395 g/mol. The largest absolute Gasteiger partial charge is 0.449 e. The van der Waals surface area contributed by atoms with Crippen molar-refractivity contribution in [2.45, 2.75) is 19.6 Å². The summed E-state index contributed by atoms with van der Waals surface area (Å²) in [7, 11) is 1.62. The molecule has 4 amide bonds. The number of benzene rings is 2. The summed E-state index contributed by atoms with van der Waals surface area (Å²) in [4.78, 5) is 50.6. The zero-order valence-electron chi connectivity index (χ0n) is 16.1. The minimum absolute atomic E-state index is 0.00735. The third-order valence-corrected chi connectivity index (χ3v) is 4.57. The van der Waals surface area contributed by atoms with Gasteiger partial charge in [-0.1, -0.05) is 30.3 Å². The number of urea groups is 1. The number of ether oxygens (including phenoxy) is 1. The first-order valence-electron chi connectivity index (χ1n) is 9.07. The molecule has 2 aromatic rings. The Morgan fingerprint density at radius 2 is 1.76 bits per heavy atom. The lowest BCUT2D eigenvalue weighted by Crippen LogP contribution is -2.37. The number of nitrogens with one attached hydrogen (secondary N) is 1. The van der Waals surface area contributed by atoms with E-state index in [1.165, 1.54) is 24.0 Å². The first-order chi connectivity index (χ1) is 13.9. The average Bonchev–Trinajstić information content (AvgIpc) is 3.05. The lowest BCUT2D eigenvalue weighted by Gasteiger charge is -2.21. The van der Waals surface area contributed by atoms with Gasteiger partial charge in [0.15, 0.2) is 6.10 Å². The molecule has 0 radical (unpaired) electrons. The molecule has 1 unspecified atom stereocenters. The van der Waals surface area contributed by atoms with E-state index in [0.717, 1.165) is 4.90 Å². The molecule has 0 saturated carbocycles. The van der Waals surface area contributed by atoms with Crippen LogP contribution in [0.5, 0.6) is 0 Å². The fourth-order valence-electron chi connectivity index (χ4n) is 2.87. The van der Waals surface area contributed by atoms with Gasteiger partial charge in [-0.05, 0) is 36.8 Å². The van der Waals surface area contributed by atoms with Crippen LogP contribution in [0, 0.1) is 0 Å². The zero-order valence-corrected chi connectivity index (χ0v) is 16.1. The summed E-state index contributed by atoms with van der Waals surface area (Å²) < 4.78 is 5.29. The van der Waals surface area contributed by atoms with Crippen molar-refractivity contribution in [2.24, 2.45) is 0 Å². The van der Waals surface area contributed by atoms with Gasteiger partial charge in [-0.3, -0.25) is 14.5 Å². The Bertz CT molecular complexity index is 911. The second-order valence-electron chi connectivity index (χ2n) is 6.62. The van der Waals surface area contributed by atoms with Gasteiger partial charge in [0.1, 0.15) is 0 Å². The van der Waals surface area contributed by atoms with Crippen LogP contribution in [0.25, 0.3) is 0 Å². The Morgan fingerprint density at radius 3 is 2.34 bits per heavy atom. The predicted octanol–water partition coefficient (Wildman–Crippen LogP) is 1.95. The summed E-state index contributed by atoms with van der Waals surface area (Å²) >= 11 is 0. The van der Waals surface area contributed by atoms with Gasteiger partial charge in [-0.2, -0.15) is 0 Å². The number of nitrogens with zero attached hydrogens (tertiary/aromatic N) is 2. The van der Waals surface area contributed by atoms with Gasteiger partial charge < -0.3 is 15.0 Å². The van der Waals surface area contributed by atoms with E-state index in [2.05, 4.69) is 5.32 Å². The normalized spacial score (nSPS) is 14.3. The molecule has 1 aliphatic heterocycles. The second-order valence-corrected chi connectivity index (χ2v) is 6.62. The van der Waals surface area contributed by atoms with E-state index in [0.29, 0.717) is 11.3 Å². The molecule has 0 bridgehead atoms. The molecule has 2 aromatic carbocycles. The standard InChI is InChI=1S/C21H21N3O5/c1-14(19(26)23(2)17-6-4-3-5-7-17)29-20(27)16-10-8-15(9-11-16)13-24-18(25)12-22-21(24)28/h3-11,14H,12-13H2,1-2H3,(H,22,28). The number of carbonyl (C=O) groups excluding carboxylic acids is 4. The number of hydrogen-bond donors (Lipinski definition) is 1. The number of hydrogen-bond acceptors (Lipinski definition) is 5. The van der Waals surface area contributed by atoms with Crippen molar-refractivity contribution in [2.75, 3.05) is 18.5 Å². The molecular weight excluding hydrogens is 374 g/mol. The molecule has 1 N–H and O–H groups in total. The fraction of sp³-hybridized carbons (Fsp3) is 0.238. The summed E-state index contributed by atoms with van der Waals surface area (Å²) in [5.41, 5.74) is 1.66. The number of para-hydroxylation sites is 1. The smallest absolute Gasteiger partial charge is 0.338 e. The summed E-state index contributed by atoms with van der Waals surface area (Å²) in [6.07, 6.45) is -0.960. The van der Waals surface area contributed by atoms with Crippen LogP contribution in [0.4, 0.5) is 10.5 Å². The number of esters is 1. The molecule has 0 spiro atoms. The highest BCUT2D eigenvalue weighted by atomic mass is 16.5. The molecular formula is C21H21N3O5. The first kappa shape index (κ1) is 20.1. The van der Waals surface area contributed by atoms with Gasteiger partial charge in [0.25, 0.3) is 5.91 Å². The molecule has 1 saturated heterocycles. The van der Waals surface area contributed by atoms with Crippen molar-refractivity contribution >= 4 is 29.5 Å². The highest BCUT2D eigenvalue weighted by molar-refractivity contribution is 6.02. The van der Waals surface area contributed by atoms with Crippen LogP contribution in [0.2, 0.25) is 0 Å². The summed E-state index contributed by atoms with van der Waals surface area (Å²) in [6.45, 7) is 1.63. The third kappa shape index (κ3) is 4.60. The van der Waals surface area contributed by atoms with Crippen LogP contribution in [0.15, 0.2) is 54.6 Å². The second kappa shape index (κ2) is 8.55. The van der Waals surface area contributed by atoms with E-state index in [-0.39, 0.29) is 30.5 Å². The van der Waals surface area contributed by atoms with Crippen molar-refractivity contribution in [1.82, 2.24) is 10.2 Å². The minimum atomic E-state index is -0.960. The van der Waals surface area contributed by atoms with E-state index in [1.54, 1.807) is 31.3 Å². The Kier molecular flexibility index (Phi) is 5.92. The molecule has 8 nitrogen and oxygen atoms in total. The highest BCUT2D eigenvalue weighted by Crippen LogP contribution is 2.15. The summed E-state index contributed by atoms with van der Waals surface area (Å²) in [6, 6.07) is 15.0. The van der Waals surface area contributed by atoms with Crippen molar-refractivity contribution in [3.63, 3.8) is 0 Å². The predicted molar refractivity (Wildman–Crippen MR) is 105 cm³/mol. The van der Waals surface area contributed by atoms with Crippen LogP contribution in [0.1, 0.15) is 22.8 Å². The molecule has 8 heteroatoms. The molecule has 1 atom stereocenters. The highest BCUT2D eigenvalue weighted by Gasteiger charge is 2.28. The fourth-order valence-corrected chi connectivity index (χ4v) is 2.87. The van der Waals surface area contributed by atoms with Crippen LogP contribution in [0.3, 0.4) is 0 Å². The van der Waals surface area contributed by atoms with Gasteiger partial charge in [-0.25, -0.2) is 9.59 Å². The Labute approximate surface area is 168 Å².